The van der Waals surface area contributed by atoms with Crippen LogP contribution in [0.5, 0.6) is 0 Å². The van der Waals surface area contributed by atoms with Gasteiger partial charge in [-0.05, 0) is 35.7 Å². The molecule has 1 aromatic heterocycles. The van der Waals surface area contributed by atoms with Gasteiger partial charge in [0.15, 0.2) is 5.82 Å². The monoisotopic (exact) mass is 289 g/mol. The number of nitrogens with one attached hydrogen (secondary N) is 2. The third kappa shape index (κ3) is 3.92. The summed E-state index contributed by atoms with van der Waals surface area (Å²) < 4.78 is 0.703. The van der Waals surface area contributed by atoms with Gasteiger partial charge in [0.2, 0.25) is 0 Å². The van der Waals surface area contributed by atoms with Crippen LogP contribution >= 0.6 is 15.9 Å². The molecule has 1 unspecified atom stereocenters. The fourth-order valence-corrected chi connectivity index (χ4v) is 1.66. The van der Waals surface area contributed by atoms with Crippen molar-refractivity contribution in [3.8, 4) is 0 Å². The molecule has 0 spiro atoms. The zero-order chi connectivity index (χ0) is 12.0. The Morgan fingerprint density at radius 2 is 2.19 bits per heavy atom. The van der Waals surface area contributed by atoms with E-state index in [1.807, 2.05) is 0 Å². The Hall–Kier alpha value is -0.920. The number of aliphatic hydroxyl groups excluding tert-OH is 1. The molecular weight excluding hydrogens is 274 g/mol. The smallest absolute Gasteiger partial charge is 0.159 e. The van der Waals surface area contributed by atoms with E-state index in [4.69, 9.17) is 10.9 Å². The van der Waals surface area contributed by atoms with Gasteiger partial charge in [-0.1, -0.05) is 0 Å². The van der Waals surface area contributed by atoms with Crippen molar-refractivity contribution in [3.63, 3.8) is 0 Å². The van der Waals surface area contributed by atoms with Crippen molar-refractivity contribution in [1.29, 1.82) is 0 Å². The molecule has 7 heteroatoms. The highest BCUT2D eigenvalue weighted by molar-refractivity contribution is 9.10. The maximum atomic E-state index is 9.10. The molecule has 0 bridgehead atoms. The van der Waals surface area contributed by atoms with Gasteiger partial charge >= 0.3 is 0 Å². The number of nitrogens with two attached hydrogens (primary N) is 1. The second-order valence-electron chi connectivity index (χ2n) is 3.45. The number of hydrazine groups is 1. The predicted molar refractivity (Wildman–Crippen MR) is 66.9 cm³/mol. The predicted octanol–water partition coefficient (Wildman–Crippen LogP) is 1.10. The molecule has 1 rings (SSSR count). The number of anilines is 2. The Kier molecular flexibility index (Phi) is 5.44. The van der Waals surface area contributed by atoms with Crippen molar-refractivity contribution >= 4 is 27.6 Å². The summed E-state index contributed by atoms with van der Waals surface area (Å²) in [5.74, 6) is 6.51. The minimum atomic E-state index is -0.267. The Labute approximate surface area is 103 Å². The van der Waals surface area contributed by atoms with E-state index >= 15 is 0 Å². The SMILES string of the molecule is CC(O)CCCNc1ncnc(NN)c1Br. The summed E-state index contributed by atoms with van der Waals surface area (Å²) in [7, 11) is 0. The van der Waals surface area contributed by atoms with Crippen molar-refractivity contribution in [1.82, 2.24) is 9.97 Å². The van der Waals surface area contributed by atoms with E-state index in [2.05, 4.69) is 36.6 Å². The highest BCUT2D eigenvalue weighted by Gasteiger charge is 2.06. The number of aliphatic hydroxyl groups is 1. The largest absolute Gasteiger partial charge is 0.393 e. The third-order valence-corrected chi connectivity index (χ3v) is 2.77. The number of nitrogen functional groups attached to an aromatic ring is 1. The maximum absolute atomic E-state index is 9.10. The molecule has 0 fully saturated rings. The minimum Gasteiger partial charge on any atom is -0.393 e. The molecule has 90 valence electrons. The van der Waals surface area contributed by atoms with Gasteiger partial charge in [0.25, 0.3) is 0 Å². The van der Waals surface area contributed by atoms with Gasteiger partial charge in [-0.3, -0.25) is 0 Å². The molecule has 5 N–H and O–H groups in total. The highest BCUT2D eigenvalue weighted by atomic mass is 79.9. The molecule has 6 nitrogen and oxygen atoms in total. The molecule has 0 radical (unpaired) electrons. The van der Waals surface area contributed by atoms with Gasteiger partial charge in [-0.2, -0.15) is 0 Å². The Bertz CT molecular complexity index is 334. The number of rotatable bonds is 6. The van der Waals surface area contributed by atoms with Gasteiger partial charge in [-0.25, -0.2) is 15.8 Å². The highest BCUT2D eigenvalue weighted by Crippen LogP contribution is 2.25. The Morgan fingerprint density at radius 1 is 1.50 bits per heavy atom. The van der Waals surface area contributed by atoms with Crippen molar-refractivity contribution < 1.29 is 5.11 Å². The molecule has 0 aliphatic rings. The molecule has 0 amide bonds. The molecule has 0 saturated heterocycles. The molecule has 16 heavy (non-hydrogen) atoms. The first kappa shape index (κ1) is 13.1. The van der Waals surface area contributed by atoms with Crippen molar-refractivity contribution in [2.24, 2.45) is 5.84 Å². The Morgan fingerprint density at radius 3 is 2.81 bits per heavy atom. The second-order valence-corrected chi connectivity index (χ2v) is 4.24. The van der Waals surface area contributed by atoms with Crippen LogP contribution in [-0.2, 0) is 0 Å². The average molecular weight is 290 g/mol. The Balaban J connectivity index is 2.47. The van der Waals surface area contributed by atoms with Gasteiger partial charge in [0, 0.05) is 6.54 Å². The maximum Gasteiger partial charge on any atom is 0.159 e. The summed E-state index contributed by atoms with van der Waals surface area (Å²) in [6.45, 7) is 2.52. The fourth-order valence-electron chi connectivity index (χ4n) is 1.20. The summed E-state index contributed by atoms with van der Waals surface area (Å²) in [5, 5.41) is 12.2. The number of aromatic nitrogens is 2. The van der Waals surface area contributed by atoms with E-state index in [0.29, 0.717) is 16.1 Å². The number of nitrogens with zero attached hydrogens (tertiary/aromatic N) is 2. The zero-order valence-corrected chi connectivity index (χ0v) is 10.7. The molecule has 1 atom stereocenters. The quantitative estimate of drug-likeness (QED) is 0.356. The minimum absolute atomic E-state index is 0.267. The van der Waals surface area contributed by atoms with Gasteiger partial charge in [-0.15, -0.1) is 0 Å². The van der Waals surface area contributed by atoms with Crippen LogP contribution in [0.2, 0.25) is 0 Å². The van der Waals surface area contributed by atoms with Gasteiger partial charge in [0.05, 0.1) is 6.10 Å². The lowest BCUT2D eigenvalue weighted by molar-refractivity contribution is 0.183. The zero-order valence-electron chi connectivity index (χ0n) is 9.07. The lowest BCUT2D eigenvalue weighted by Gasteiger charge is -2.10. The van der Waals surface area contributed by atoms with Crippen LogP contribution in [-0.4, -0.2) is 27.7 Å². The van der Waals surface area contributed by atoms with Crippen LogP contribution in [0, 0.1) is 0 Å². The van der Waals surface area contributed by atoms with Crippen LogP contribution in [0.15, 0.2) is 10.8 Å². The summed E-state index contributed by atoms with van der Waals surface area (Å²) in [6, 6.07) is 0. The van der Waals surface area contributed by atoms with E-state index in [1.54, 1.807) is 6.92 Å². The van der Waals surface area contributed by atoms with Crippen LogP contribution in [0.4, 0.5) is 11.6 Å². The normalized spacial score (nSPS) is 12.2. The molecule has 0 aliphatic heterocycles. The number of hydrogen-bond donors (Lipinski definition) is 4. The fraction of sp³-hybridized carbons (Fsp3) is 0.556. The van der Waals surface area contributed by atoms with Crippen molar-refractivity contribution in [3.05, 3.63) is 10.8 Å². The third-order valence-electron chi connectivity index (χ3n) is 2.02. The van der Waals surface area contributed by atoms with E-state index < -0.39 is 0 Å². The molecule has 0 aliphatic carbocycles. The van der Waals surface area contributed by atoms with Crippen molar-refractivity contribution in [2.75, 3.05) is 17.3 Å². The summed E-state index contributed by atoms with van der Waals surface area (Å²) in [4.78, 5) is 8.02. The molecule has 0 aromatic carbocycles. The number of hydrogen-bond acceptors (Lipinski definition) is 6. The first-order valence-electron chi connectivity index (χ1n) is 5.04. The first-order chi connectivity index (χ1) is 7.65. The lowest BCUT2D eigenvalue weighted by atomic mass is 10.2. The van der Waals surface area contributed by atoms with Crippen LogP contribution in [0.3, 0.4) is 0 Å². The number of halogens is 1. The summed E-state index contributed by atoms with van der Waals surface area (Å²) in [6.07, 6.45) is 2.80. The standard InChI is InChI=1S/C9H16BrN5O/c1-6(16)3-2-4-12-8-7(10)9(15-11)14-5-13-8/h5-6,16H,2-4,11H2,1H3,(H2,12,13,14,15). The van der Waals surface area contributed by atoms with E-state index in [-0.39, 0.29) is 6.10 Å². The molecule has 0 saturated carbocycles. The second kappa shape index (κ2) is 6.62. The summed E-state index contributed by atoms with van der Waals surface area (Å²) >= 11 is 3.34. The molecule has 1 aromatic rings. The van der Waals surface area contributed by atoms with Crippen LogP contribution in [0.1, 0.15) is 19.8 Å². The first-order valence-corrected chi connectivity index (χ1v) is 5.83. The van der Waals surface area contributed by atoms with Gasteiger partial charge in [0.1, 0.15) is 16.6 Å². The summed E-state index contributed by atoms with van der Waals surface area (Å²) in [5.41, 5.74) is 2.47. The van der Waals surface area contributed by atoms with Crippen molar-refractivity contribution in [2.45, 2.75) is 25.9 Å². The molecular formula is C9H16BrN5O. The van der Waals surface area contributed by atoms with E-state index in [9.17, 15) is 0 Å². The average Bonchev–Trinajstić information content (AvgIpc) is 2.26. The lowest BCUT2D eigenvalue weighted by Crippen LogP contribution is -2.12. The van der Waals surface area contributed by atoms with Crippen LogP contribution < -0.4 is 16.6 Å². The van der Waals surface area contributed by atoms with Gasteiger partial charge < -0.3 is 15.8 Å². The van der Waals surface area contributed by atoms with E-state index in [1.165, 1.54) is 6.33 Å². The van der Waals surface area contributed by atoms with E-state index in [0.717, 1.165) is 19.4 Å². The topological polar surface area (TPSA) is 96.1 Å². The molecule has 1 heterocycles. The van der Waals surface area contributed by atoms with Crippen LogP contribution in [0.25, 0.3) is 0 Å².